The molecule has 2 aromatic rings. The van der Waals surface area contributed by atoms with Gasteiger partial charge in [0, 0.05) is 40.5 Å². The Hall–Kier alpha value is -3.35. The van der Waals surface area contributed by atoms with Crippen molar-refractivity contribution in [3.05, 3.63) is 63.8 Å². The average Bonchev–Trinajstić information content (AvgIpc) is 2.82. The number of nitrogens with two attached hydrogens (primary N) is 1. The van der Waals surface area contributed by atoms with Crippen molar-refractivity contribution in [2.45, 2.75) is 6.92 Å². The lowest BCUT2D eigenvalue weighted by atomic mass is 10.0. The molecule has 7 nitrogen and oxygen atoms in total. The van der Waals surface area contributed by atoms with Crippen LogP contribution in [-0.4, -0.2) is 10.8 Å². The van der Waals surface area contributed by atoms with Crippen LogP contribution in [0.3, 0.4) is 0 Å². The molecule has 0 spiro atoms. The van der Waals surface area contributed by atoms with Crippen LogP contribution in [0, 0.1) is 10.1 Å². The molecule has 3 rings (SSSR count). The maximum Gasteiger partial charge on any atom is 0.271 e. The molecule has 1 aliphatic rings. The van der Waals surface area contributed by atoms with E-state index in [1.165, 1.54) is 12.1 Å². The quantitative estimate of drug-likeness (QED) is 0.349. The smallest absolute Gasteiger partial charge is 0.271 e. The molecule has 0 fully saturated rings. The Morgan fingerprint density at radius 3 is 2.78 bits per heavy atom. The normalized spacial score (nSPS) is 14.9. The van der Waals surface area contributed by atoms with Crippen molar-refractivity contribution in [1.29, 1.82) is 0 Å². The van der Waals surface area contributed by atoms with Crippen molar-refractivity contribution in [1.82, 2.24) is 0 Å². The summed E-state index contributed by atoms with van der Waals surface area (Å²) in [5, 5.41) is 16.6. The number of fused-ring (bicyclic) bond motifs is 1. The number of nitro groups is 1. The number of nitro benzene ring substituents is 1. The first kappa shape index (κ1) is 14.6. The molecular weight excluding hydrogens is 296 g/mol. The van der Waals surface area contributed by atoms with Crippen molar-refractivity contribution in [2.75, 3.05) is 16.4 Å². The Labute approximate surface area is 132 Å². The van der Waals surface area contributed by atoms with Gasteiger partial charge in [0.05, 0.1) is 10.5 Å². The number of nitrogens with one attached hydrogen (secondary N) is 2. The molecule has 1 amide bonds. The third-order valence-corrected chi connectivity index (χ3v) is 3.55. The van der Waals surface area contributed by atoms with Crippen molar-refractivity contribution in [3.8, 4) is 0 Å². The summed E-state index contributed by atoms with van der Waals surface area (Å²) < 4.78 is 0. The van der Waals surface area contributed by atoms with Crippen LogP contribution in [0.1, 0.15) is 12.5 Å². The number of amides is 1. The van der Waals surface area contributed by atoms with Gasteiger partial charge in [-0.25, -0.2) is 0 Å². The first-order valence-corrected chi connectivity index (χ1v) is 6.89. The van der Waals surface area contributed by atoms with Crippen LogP contribution in [-0.2, 0) is 4.79 Å². The Balaban J connectivity index is 1.99. The summed E-state index contributed by atoms with van der Waals surface area (Å²) >= 11 is 0. The molecule has 23 heavy (non-hydrogen) atoms. The van der Waals surface area contributed by atoms with Gasteiger partial charge in [0.1, 0.15) is 0 Å². The van der Waals surface area contributed by atoms with E-state index in [1.54, 1.807) is 37.3 Å². The van der Waals surface area contributed by atoms with E-state index in [2.05, 4.69) is 10.6 Å². The number of benzene rings is 2. The summed E-state index contributed by atoms with van der Waals surface area (Å²) in [6.45, 7) is 1.74. The van der Waals surface area contributed by atoms with Gasteiger partial charge in [-0.15, -0.1) is 0 Å². The molecule has 0 saturated carbocycles. The topological polar surface area (TPSA) is 110 Å². The van der Waals surface area contributed by atoms with Crippen molar-refractivity contribution >= 4 is 34.2 Å². The lowest BCUT2D eigenvalue weighted by Gasteiger charge is -2.09. The molecule has 0 radical (unpaired) electrons. The highest BCUT2D eigenvalue weighted by Gasteiger charge is 2.26. The van der Waals surface area contributed by atoms with Gasteiger partial charge in [0.2, 0.25) is 0 Å². The van der Waals surface area contributed by atoms with Gasteiger partial charge in [0.25, 0.3) is 11.6 Å². The fourth-order valence-electron chi connectivity index (χ4n) is 2.53. The Morgan fingerprint density at radius 1 is 1.26 bits per heavy atom. The molecule has 1 heterocycles. The molecule has 7 heteroatoms. The third kappa shape index (κ3) is 2.71. The van der Waals surface area contributed by atoms with E-state index in [0.29, 0.717) is 33.9 Å². The monoisotopic (exact) mass is 310 g/mol. The van der Waals surface area contributed by atoms with Gasteiger partial charge in [-0.3, -0.25) is 14.9 Å². The number of anilines is 3. The average molecular weight is 310 g/mol. The molecule has 116 valence electrons. The minimum absolute atomic E-state index is 0.0201. The van der Waals surface area contributed by atoms with Crippen molar-refractivity contribution in [2.24, 2.45) is 0 Å². The standard InChI is InChI=1S/C16H14N4O3/c1-9(18-11-3-2-4-12(8-11)20(22)23)15-13-7-10(17)5-6-14(13)19-16(15)21/h2-8,18H,17H2,1H3,(H,19,21)/b15-9-. The number of rotatable bonds is 3. The predicted molar refractivity (Wildman–Crippen MR) is 88.8 cm³/mol. The van der Waals surface area contributed by atoms with Crippen LogP contribution in [0.15, 0.2) is 48.2 Å². The number of nitrogen functional groups attached to an aromatic ring is 1. The first-order valence-electron chi connectivity index (χ1n) is 6.89. The maximum atomic E-state index is 12.2. The Kier molecular flexibility index (Phi) is 3.46. The van der Waals surface area contributed by atoms with Crippen LogP contribution in [0.5, 0.6) is 0 Å². The number of hydrogen-bond donors (Lipinski definition) is 3. The third-order valence-electron chi connectivity index (χ3n) is 3.55. The number of nitrogens with zero attached hydrogens (tertiary/aromatic N) is 1. The first-order chi connectivity index (χ1) is 11.0. The second-order valence-corrected chi connectivity index (χ2v) is 5.19. The highest BCUT2D eigenvalue weighted by molar-refractivity contribution is 6.32. The molecule has 0 aliphatic carbocycles. The summed E-state index contributed by atoms with van der Waals surface area (Å²) in [4.78, 5) is 22.6. The molecule has 2 aromatic carbocycles. The van der Waals surface area contributed by atoms with E-state index < -0.39 is 4.92 Å². The second-order valence-electron chi connectivity index (χ2n) is 5.19. The number of hydrogen-bond acceptors (Lipinski definition) is 5. The van der Waals surface area contributed by atoms with Crippen molar-refractivity contribution in [3.63, 3.8) is 0 Å². The molecule has 1 aliphatic heterocycles. The molecule has 4 N–H and O–H groups in total. The minimum atomic E-state index is -0.466. The van der Waals surface area contributed by atoms with Crippen LogP contribution >= 0.6 is 0 Å². The van der Waals surface area contributed by atoms with E-state index in [9.17, 15) is 14.9 Å². The summed E-state index contributed by atoms with van der Waals surface area (Å²) in [7, 11) is 0. The summed E-state index contributed by atoms with van der Waals surface area (Å²) in [5.41, 5.74) is 9.33. The number of carbonyl (C=O) groups excluding carboxylic acids is 1. The van der Waals surface area contributed by atoms with E-state index in [0.717, 1.165) is 0 Å². The molecule has 0 aromatic heterocycles. The zero-order valence-electron chi connectivity index (χ0n) is 12.3. The fourth-order valence-corrected chi connectivity index (χ4v) is 2.53. The maximum absolute atomic E-state index is 12.2. The molecule has 0 unspecified atom stereocenters. The largest absolute Gasteiger partial charge is 0.399 e. The summed E-state index contributed by atoms with van der Waals surface area (Å²) in [6, 6.07) is 11.3. The predicted octanol–water partition coefficient (Wildman–Crippen LogP) is 2.97. The molecule has 0 atom stereocenters. The Morgan fingerprint density at radius 2 is 2.04 bits per heavy atom. The zero-order valence-corrected chi connectivity index (χ0v) is 12.3. The van der Waals surface area contributed by atoms with Gasteiger partial charge in [0.15, 0.2) is 0 Å². The number of carbonyl (C=O) groups is 1. The van der Waals surface area contributed by atoms with Gasteiger partial charge >= 0.3 is 0 Å². The lowest BCUT2D eigenvalue weighted by molar-refractivity contribution is -0.384. The SMILES string of the molecule is C/C(Nc1cccc([N+](=O)[O-])c1)=C1/C(=O)Nc2ccc(N)cc21. The Bertz CT molecular complexity index is 858. The molecule has 0 saturated heterocycles. The van der Waals surface area contributed by atoms with Gasteiger partial charge in [-0.1, -0.05) is 6.07 Å². The van der Waals surface area contributed by atoms with Crippen molar-refractivity contribution < 1.29 is 9.72 Å². The fraction of sp³-hybridized carbons (Fsp3) is 0.0625. The van der Waals surface area contributed by atoms with Gasteiger partial charge < -0.3 is 16.4 Å². The highest BCUT2D eigenvalue weighted by Crippen LogP contribution is 2.35. The summed E-state index contributed by atoms with van der Waals surface area (Å²) in [5.74, 6) is -0.235. The number of allylic oxidation sites excluding steroid dienone is 1. The van der Waals surface area contributed by atoms with Gasteiger partial charge in [-0.2, -0.15) is 0 Å². The van der Waals surface area contributed by atoms with E-state index in [-0.39, 0.29) is 11.6 Å². The van der Waals surface area contributed by atoms with E-state index in [1.807, 2.05) is 0 Å². The van der Waals surface area contributed by atoms with Crippen LogP contribution < -0.4 is 16.4 Å². The number of non-ortho nitro benzene ring substituents is 1. The molecule has 0 bridgehead atoms. The van der Waals surface area contributed by atoms with Crippen LogP contribution in [0.25, 0.3) is 5.57 Å². The minimum Gasteiger partial charge on any atom is -0.399 e. The van der Waals surface area contributed by atoms with Crippen LogP contribution in [0.4, 0.5) is 22.7 Å². The second kappa shape index (κ2) is 5.45. The highest BCUT2D eigenvalue weighted by atomic mass is 16.6. The summed E-state index contributed by atoms with van der Waals surface area (Å²) in [6.07, 6.45) is 0. The van der Waals surface area contributed by atoms with Gasteiger partial charge in [-0.05, 0) is 31.2 Å². The zero-order chi connectivity index (χ0) is 16.6. The van der Waals surface area contributed by atoms with E-state index in [4.69, 9.17) is 5.73 Å². The van der Waals surface area contributed by atoms with Crippen LogP contribution in [0.2, 0.25) is 0 Å². The van der Waals surface area contributed by atoms with E-state index >= 15 is 0 Å². The lowest BCUT2D eigenvalue weighted by Crippen LogP contribution is -2.08. The molecular formula is C16H14N4O3.